The molecule has 10 rings (SSSR count). The van der Waals surface area contributed by atoms with E-state index in [9.17, 15) is 20.1 Å². The van der Waals surface area contributed by atoms with Gasteiger partial charge in [0.25, 0.3) is 0 Å². The minimum atomic E-state index is -0.427. The largest absolute Gasteiger partial charge is 0.393 e. The predicted octanol–water partition coefficient (Wildman–Crippen LogP) is 14.7. The summed E-state index contributed by atoms with van der Waals surface area (Å²) in [7, 11) is 0. The second-order valence-electron chi connectivity index (χ2n) is 27.8. The quantitative estimate of drug-likeness (QED) is 0.157. The fourth-order valence-corrected chi connectivity index (χ4v) is 20.2. The number of carbonyl (C=O) groups excluding carboxylic acids is 1. The van der Waals surface area contributed by atoms with E-state index in [2.05, 4.69) is 55.4 Å². The lowest BCUT2D eigenvalue weighted by molar-refractivity contribution is -0.148. The fraction of sp³-hybridized carbons (Fsp3) is 0.984. The van der Waals surface area contributed by atoms with Crippen molar-refractivity contribution in [2.45, 2.75) is 252 Å². The maximum Gasteiger partial charge on any atom is 0.120 e. The zero-order valence-electron chi connectivity index (χ0n) is 44.4. The number of aldehydes is 1. The van der Waals surface area contributed by atoms with E-state index < -0.39 is 11.2 Å². The number of hydrogen-bond acceptors (Lipinski definition) is 6. The molecule has 0 aromatic heterocycles. The van der Waals surface area contributed by atoms with Gasteiger partial charge >= 0.3 is 0 Å². The van der Waals surface area contributed by atoms with Crippen LogP contribution in [0.2, 0.25) is 0 Å². The highest BCUT2D eigenvalue weighted by atomic mass is 35.5. The zero-order chi connectivity index (χ0) is 48.0. The number of rotatable bonds is 9. The molecule has 7 heteroatoms. The van der Waals surface area contributed by atoms with Crippen LogP contribution in [0.5, 0.6) is 0 Å². The van der Waals surface area contributed by atoms with Crippen molar-refractivity contribution in [3.63, 3.8) is 0 Å². The van der Waals surface area contributed by atoms with Crippen LogP contribution in [0.4, 0.5) is 0 Å². The Balaban J connectivity index is 0.000000176. The lowest BCUT2D eigenvalue weighted by atomic mass is 9.43. The first-order valence-corrected chi connectivity index (χ1v) is 29.5. The Labute approximate surface area is 423 Å². The topological polar surface area (TPSA) is 96.2 Å². The van der Waals surface area contributed by atoms with E-state index in [0.717, 1.165) is 168 Å². The summed E-state index contributed by atoms with van der Waals surface area (Å²) in [4.78, 5) is 10.9. The SMILES string of the molecule is C.C[C@H](CCC(O)C1CCOCC1)[C@H]1CC[C@H]2[C@@H]3CC[C@H]4C[C@@](C)(O)CC[C@]4(C)[C@H]3CC[C@]12C.C[C@H](CCC=O)[C@H]1CC[C@H]2[C@@H]3CC[C@H]4C[C@@](C)(O)CC[C@]4(C)[C@H]3CC[C@]12C.ClC1CCOCC1. The Hall–Kier alpha value is -0.240. The van der Waals surface area contributed by atoms with Gasteiger partial charge in [0.2, 0.25) is 0 Å². The number of carbonyl (C=O) groups is 1. The van der Waals surface area contributed by atoms with Gasteiger partial charge in [-0.2, -0.15) is 0 Å². The van der Waals surface area contributed by atoms with E-state index in [1.165, 1.54) is 96.3 Å². The van der Waals surface area contributed by atoms with E-state index in [1.807, 2.05) is 0 Å². The van der Waals surface area contributed by atoms with Gasteiger partial charge < -0.3 is 29.6 Å². The average Bonchev–Trinajstić information content (AvgIpc) is 3.85. The smallest absolute Gasteiger partial charge is 0.120 e. The van der Waals surface area contributed by atoms with E-state index in [-0.39, 0.29) is 13.5 Å². The molecule has 6 nitrogen and oxygen atoms in total. The molecule has 0 amide bonds. The molecule has 2 heterocycles. The van der Waals surface area contributed by atoms with Gasteiger partial charge in [0, 0.05) is 38.2 Å². The molecule has 2 aliphatic heterocycles. The molecule has 68 heavy (non-hydrogen) atoms. The normalized spacial score (nSPS) is 48.1. The van der Waals surface area contributed by atoms with Crippen LogP contribution in [0, 0.1) is 98.6 Å². The molecule has 3 N–H and O–H groups in total. The summed E-state index contributed by atoms with van der Waals surface area (Å²) in [5.41, 5.74) is 1.09. The maximum absolute atomic E-state index is 10.9. The Morgan fingerprint density at radius 3 is 1.38 bits per heavy atom. The molecule has 19 atom stereocenters. The zero-order valence-corrected chi connectivity index (χ0v) is 45.2. The summed E-state index contributed by atoms with van der Waals surface area (Å²) >= 11 is 5.74. The van der Waals surface area contributed by atoms with Crippen molar-refractivity contribution in [3.8, 4) is 0 Å². The van der Waals surface area contributed by atoms with Crippen molar-refractivity contribution in [1.82, 2.24) is 0 Å². The van der Waals surface area contributed by atoms with Crippen LogP contribution < -0.4 is 0 Å². The van der Waals surface area contributed by atoms with Gasteiger partial charge in [0.1, 0.15) is 6.29 Å². The average molecular weight is 972 g/mol. The van der Waals surface area contributed by atoms with E-state index in [1.54, 1.807) is 0 Å². The van der Waals surface area contributed by atoms with Gasteiger partial charge in [-0.25, -0.2) is 0 Å². The van der Waals surface area contributed by atoms with Crippen molar-refractivity contribution in [2.75, 3.05) is 26.4 Å². The van der Waals surface area contributed by atoms with E-state index in [4.69, 9.17) is 21.1 Å². The Morgan fingerprint density at radius 1 is 0.529 bits per heavy atom. The third-order valence-corrected chi connectivity index (χ3v) is 24.5. The summed E-state index contributed by atoms with van der Waals surface area (Å²) in [5.74, 6) is 10.4. The van der Waals surface area contributed by atoms with Crippen LogP contribution in [0.1, 0.15) is 230 Å². The Bertz CT molecular complexity index is 1610. The van der Waals surface area contributed by atoms with Crippen LogP contribution in [-0.4, -0.2) is 70.7 Å². The summed E-state index contributed by atoms with van der Waals surface area (Å²) in [6, 6.07) is 0. The summed E-state index contributed by atoms with van der Waals surface area (Å²) < 4.78 is 10.6. The van der Waals surface area contributed by atoms with Gasteiger partial charge in [0.05, 0.1) is 17.3 Å². The van der Waals surface area contributed by atoms with Crippen molar-refractivity contribution in [2.24, 2.45) is 98.6 Å². The van der Waals surface area contributed by atoms with Crippen LogP contribution in [0.15, 0.2) is 0 Å². The third kappa shape index (κ3) is 11.2. The van der Waals surface area contributed by atoms with Crippen molar-refractivity contribution < 1.29 is 29.6 Å². The lowest BCUT2D eigenvalue weighted by Gasteiger charge is -2.62. The number of fused-ring (bicyclic) bond motifs is 10. The van der Waals surface area contributed by atoms with Gasteiger partial charge in [-0.3, -0.25) is 0 Å². The number of hydrogen-bond donors (Lipinski definition) is 3. The van der Waals surface area contributed by atoms with Crippen molar-refractivity contribution >= 4 is 17.9 Å². The predicted molar refractivity (Wildman–Crippen MR) is 281 cm³/mol. The molecule has 0 radical (unpaired) electrons. The van der Waals surface area contributed by atoms with Gasteiger partial charge in [-0.05, 0) is 273 Å². The minimum absolute atomic E-state index is 0. The molecule has 10 fully saturated rings. The van der Waals surface area contributed by atoms with Gasteiger partial charge in [-0.15, -0.1) is 11.6 Å². The van der Waals surface area contributed by atoms with Crippen LogP contribution in [0.3, 0.4) is 0 Å². The lowest BCUT2D eigenvalue weighted by Crippen LogP contribution is -2.55. The molecule has 8 saturated carbocycles. The minimum Gasteiger partial charge on any atom is -0.393 e. The summed E-state index contributed by atoms with van der Waals surface area (Å²) in [6.45, 7) is 22.9. The summed E-state index contributed by atoms with van der Waals surface area (Å²) in [5, 5.41) is 32.6. The highest BCUT2D eigenvalue weighted by Crippen LogP contribution is 2.71. The number of aliphatic hydroxyl groups excluding tert-OH is 1. The highest BCUT2D eigenvalue weighted by Gasteiger charge is 2.63. The molecule has 0 spiro atoms. The maximum atomic E-state index is 10.9. The third-order valence-electron chi connectivity index (χ3n) is 24.0. The standard InChI is InChI=1S/C30H52O3.C25H42O2.C5H9ClO.CH4/c1-20(5-10-27(31)21-12-17-33-18-13-21)24-8-9-25-23-7-6-22-19-28(2,32)15-16-29(22,3)26(23)11-14-30(24,25)4;1-17(6-5-15-26)20-9-10-21-19-8-7-18-16-23(2,27)13-14-24(18,3)22(19)11-12-25(20,21)4;6-5-1-3-7-4-2-5;/h20-27,31-32H,5-19H2,1-4H3;15,17-22,27H,5-14,16H2,1-4H3;5H,1-4H2;1H4/t20-,22+,23+,24-,25+,26+,27?,28+,29+,30-;17-,18+,19+,20-,21+,22+,23+,24+,25-;;/m11../s1. The molecule has 394 valence electrons. The molecule has 8 aliphatic carbocycles. The molecular weight excluding hydrogens is 864 g/mol. The first-order valence-electron chi connectivity index (χ1n) is 29.1. The second kappa shape index (κ2) is 22.3. The fourth-order valence-electron chi connectivity index (χ4n) is 20.0. The summed E-state index contributed by atoms with van der Waals surface area (Å²) in [6.07, 6.45) is 32.4. The second-order valence-corrected chi connectivity index (χ2v) is 28.4. The number of alkyl halides is 1. The highest BCUT2D eigenvalue weighted by molar-refractivity contribution is 6.20. The molecule has 0 aromatic rings. The van der Waals surface area contributed by atoms with E-state index in [0.29, 0.717) is 38.9 Å². The van der Waals surface area contributed by atoms with Crippen molar-refractivity contribution in [3.05, 3.63) is 0 Å². The Kier molecular flexibility index (Phi) is 18.2. The first-order chi connectivity index (χ1) is 31.7. The van der Waals surface area contributed by atoms with Crippen molar-refractivity contribution in [1.29, 1.82) is 0 Å². The molecular formula is C61H107ClO6. The van der Waals surface area contributed by atoms with Crippen LogP contribution in [-0.2, 0) is 14.3 Å². The molecule has 0 aromatic carbocycles. The Morgan fingerprint density at radius 2 is 0.956 bits per heavy atom. The number of aliphatic hydroxyl groups is 3. The molecule has 10 aliphatic rings. The van der Waals surface area contributed by atoms with Crippen LogP contribution >= 0.6 is 11.6 Å². The van der Waals surface area contributed by atoms with E-state index >= 15 is 0 Å². The number of halogens is 1. The van der Waals surface area contributed by atoms with Crippen LogP contribution in [0.25, 0.3) is 0 Å². The number of ether oxygens (including phenoxy) is 2. The monoisotopic (exact) mass is 971 g/mol. The molecule has 2 saturated heterocycles. The van der Waals surface area contributed by atoms with Gasteiger partial charge in [-0.1, -0.05) is 49.0 Å². The molecule has 0 bridgehead atoms. The van der Waals surface area contributed by atoms with Gasteiger partial charge in [0.15, 0.2) is 0 Å². The first kappa shape index (κ1) is 55.5. The molecule has 1 unspecified atom stereocenters.